The molecule has 0 saturated carbocycles. The largest absolute Gasteiger partial charge is 0.508 e. The highest BCUT2D eigenvalue weighted by atomic mass is 16.3. The highest BCUT2D eigenvalue weighted by Gasteiger charge is 2.25. The first-order valence-electron chi connectivity index (χ1n) is 13.7. The lowest BCUT2D eigenvalue weighted by Gasteiger charge is -2.21. The summed E-state index contributed by atoms with van der Waals surface area (Å²) in [5.41, 5.74) is 17.9. The minimum atomic E-state index is -1.08. The van der Waals surface area contributed by atoms with Gasteiger partial charge in [-0.3, -0.25) is 34.8 Å². The van der Waals surface area contributed by atoms with Gasteiger partial charge >= 0.3 is 0 Å². The number of phenols is 1. The van der Waals surface area contributed by atoms with E-state index in [1.807, 2.05) is 19.9 Å². The van der Waals surface area contributed by atoms with E-state index in [0.29, 0.717) is 6.42 Å². The number of carbonyl (C=O) groups excluding carboxylic acids is 5. The van der Waals surface area contributed by atoms with Crippen molar-refractivity contribution in [3.05, 3.63) is 65.7 Å². The Morgan fingerprint density at radius 2 is 1.31 bits per heavy atom. The number of nitrogens with one attached hydrogen (secondary N) is 5. The zero-order chi connectivity index (χ0) is 31.2. The van der Waals surface area contributed by atoms with Crippen LogP contribution in [0.3, 0.4) is 0 Å². The number of nitrogens with two attached hydrogens (primary N) is 2. The van der Waals surface area contributed by atoms with Gasteiger partial charge in [0, 0.05) is 6.42 Å². The van der Waals surface area contributed by atoms with Crippen molar-refractivity contribution in [3.8, 4) is 5.75 Å². The summed E-state index contributed by atoms with van der Waals surface area (Å²) in [6.45, 7) is 4.80. The number of benzene rings is 2. The fourth-order valence-corrected chi connectivity index (χ4v) is 3.91. The van der Waals surface area contributed by atoms with Crippen LogP contribution in [0.25, 0.3) is 0 Å². The predicted molar refractivity (Wildman–Crippen MR) is 156 cm³/mol. The lowest BCUT2D eigenvalue weighted by Crippen LogP contribution is -2.57. The second-order valence-electron chi connectivity index (χ2n) is 10.4. The Morgan fingerprint density at radius 1 is 0.714 bits per heavy atom. The second-order valence-corrected chi connectivity index (χ2v) is 10.4. The zero-order valence-corrected chi connectivity index (χ0v) is 24.1. The van der Waals surface area contributed by atoms with Gasteiger partial charge in [0.2, 0.25) is 17.7 Å². The molecule has 2 rings (SSSR count). The fourth-order valence-electron chi connectivity index (χ4n) is 3.91. The van der Waals surface area contributed by atoms with Crippen LogP contribution >= 0.6 is 0 Å². The molecule has 0 radical (unpaired) electrons. The van der Waals surface area contributed by atoms with Gasteiger partial charge in [-0.1, -0.05) is 56.3 Å². The summed E-state index contributed by atoms with van der Waals surface area (Å²) in [5, 5.41) is 16.9. The van der Waals surface area contributed by atoms with Gasteiger partial charge in [0.15, 0.2) is 0 Å². The molecule has 0 spiro atoms. The summed E-state index contributed by atoms with van der Waals surface area (Å²) >= 11 is 0. The molecule has 2 aromatic rings. The van der Waals surface area contributed by atoms with Crippen molar-refractivity contribution in [2.75, 3.05) is 6.54 Å². The van der Waals surface area contributed by atoms with Crippen LogP contribution in [-0.2, 0) is 36.8 Å². The molecule has 0 heterocycles. The van der Waals surface area contributed by atoms with E-state index in [4.69, 9.17) is 11.5 Å². The third-order valence-electron chi connectivity index (χ3n) is 6.21. The van der Waals surface area contributed by atoms with Crippen LogP contribution in [0.15, 0.2) is 54.6 Å². The molecule has 10 N–H and O–H groups in total. The molecule has 0 aliphatic carbocycles. The summed E-state index contributed by atoms with van der Waals surface area (Å²) in [7, 11) is 0. The molecule has 0 aliphatic heterocycles. The van der Waals surface area contributed by atoms with E-state index in [9.17, 15) is 29.1 Å². The molecule has 13 heteroatoms. The van der Waals surface area contributed by atoms with Crippen LogP contribution < -0.4 is 38.3 Å². The lowest BCUT2D eigenvalue weighted by molar-refractivity contribution is -0.133. The number of hydrazine groups is 1. The Labute approximate surface area is 245 Å². The van der Waals surface area contributed by atoms with Gasteiger partial charge in [0.1, 0.15) is 17.8 Å². The van der Waals surface area contributed by atoms with E-state index in [1.165, 1.54) is 19.1 Å². The van der Waals surface area contributed by atoms with Crippen LogP contribution in [0.4, 0.5) is 0 Å². The van der Waals surface area contributed by atoms with E-state index in [0.717, 1.165) is 11.1 Å². The summed E-state index contributed by atoms with van der Waals surface area (Å²) in [6, 6.07) is 11.3. The molecule has 0 fully saturated rings. The molecule has 2 aromatic carbocycles. The van der Waals surface area contributed by atoms with Crippen molar-refractivity contribution < 1.29 is 29.1 Å². The number of hydrogen-bond donors (Lipinski definition) is 8. The molecular weight excluding hydrogens is 542 g/mol. The lowest BCUT2D eigenvalue weighted by atomic mass is 10.0. The van der Waals surface area contributed by atoms with Gasteiger partial charge < -0.3 is 32.5 Å². The molecule has 5 amide bonds. The van der Waals surface area contributed by atoms with Crippen molar-refractivity contribution in [3.63, 3.8) is 0 Å². The first kappa shape index (κ1) is 33.7. The van der Waals surface area contributed by atoms with Crippen LogP contribution in [-0.4, -0.2) is 65.4 Å². The molecule has 0 aliphatic rings. The fraction of sp³-hybridized carbons (Fsp3) is 0.414. The van der Waals surface area contributed by atoms with E-state index in [-0.39, 0.29) is 24.5 Å². The normalized spacial score (nSPS) is 13.7. The molecule has 42 heavy (non-hydrogen) atoms. The highest BCUT2D eigenvalue weighted by Crippen LogP contribution is 2.11. The van der Waals surface area contributed by atoms with Gasteiger partial charge in [-0.15, -0.1) is 0 Å². The number of phenolic OH excluding ortho intramolecular Hbond substituents is 1. The Morgan fingerprint density at radius 3 is 1.93 bits per heavy atom. The molecule has 0 saturated heterocycles. The average molecular weight is 584 g/mol. The van der Waals surface area contributed by atoms with Crippen molar-refractivity contribution in [1.82, 2.24) is 26.8 Å². The maximum atomic E-state index is 12.9. The summed E-state index contributed by atoms with van der Waals surface area (Å²) < 4.78 is 0. The first-order chi connectivity index (χ1) is 19.8. The van der Waals surface area contributed by atoms with Gasteiger partial charge in [-0.2, -0.15) is 0 Å². The zero-order valence-electron chi connectivity index (χ0n) is 24.1. The average Bonchev–Trinajstić information content (AvgIpc) is 2.95. The highest BCUT2D eigenvalue weighted by molar-refractivity contribution is 5.93. The molecule has 4 atom stereocenters. The molecule has 228 valence electrons. The monoisotopic (exact) mass is 583 g/mol. The summed E-state index contributed by atoms with van der Waals surface area (Å²) in [6.07, 6.45) is 0.734. The number of amides is 5. The first-order valence-corrected chi connectivity index (χ1v) is 13.7. The predicted octanol–water partition coefficient (Wildman–Crippen LogP) is -0.869. The molecule has 0 unspecified atom stereocenters. The Hall–Kier alpha value is -4.49. The number of hydrogen-bond acceptors (Lipinski definition) is 8. The third kappa shape index (κ3) is 11.9. The molecule has 13 nitrogen and oxygen atoms in total. The maximum absolute atomic E-state index is 12.9. The summed E-state index contributed by atoms with van der Waals surface area (Å²) in [4.78, 5) is 62.7. The van der Waals surface area contributed by atoms with E-state index >= 15 is 0 Å². The standard InChI is InChI=1S/C29H41N7O6/c1-17(2)13-22(30)28(41)35-36-29(42)24(15-19-7-5-4-6-8-19)34-25(38)16-32-26(39)18(3)33-27(40)23(31)14-20-9-11-21(37)12-10-20/h4-12,17-18,22-24,37H,13-16,30-31H2,1-3H3,(H,32,39)(H,33,40)(H,34,38)(H,35,41)(H,36,42)/t18-,22+,23+,24+/m1/s1. The Kier molecular flexibility index (Phi) is 13.4. The quantitative estimate of drug-likeness (QED) is 0.130. The van der Waals surface area contributed by atoms with E-state index in [1.54, 1.807) is 36.4 Å². The van der Waals surface area contributed by atoms with Crippen LogP contribution in [0.5, 0.6) is 5.75 Å². The van der Waals surface area contributed by atoms with Crippen molar-refractivity contribution in [2.45, 2.75) is 64.2 Å². The van der Waals surface area contributed by atoms with Gasteiger partial charge in [0.05, 0.1) is 18.6 Å². The number of rotatable bonds is 14. The van der Waals surface area contributed by atoms with Gasteiger partial charge in [-0.05, 0) is 48.9 Å². The molecular formula is C29H41N7O6. The number of aromatic hydroxyl groups is 1. The van der Waals surface area contributed by atoms with E-state index in [2.05, 4.69) is 26.8 Å². The van der Waals surface area contributed by atoms with E-state index < -0.39 is 60.2 Å². The summed E-state index contributed by atoms with van der Waals surface area (Å²) in [5.74, 6) is -2.83. The smallest absolute Gasteiger partial charge is 0.261 e. The van der Waals surface area contributed by atoms with Crippen LogP contribution in [0.1, 0.15) is 38.3 Å². The Bertz CT molecular complexity index is 1210. The number of carbonyl (C=O) groups is 5. The Balaban J connectivity index is 1.89. The SMILES string of the molecule is CC(C)C[C@H](N)C(=O)NNC(=O)[C@H](Cc1ccccc1)NC(=O)CNC(=O)[C@@H](C)NC(=O)[C@@H](N)Cc1ccc(O)cc1. The third-order valence-corrected chi connectivity index (χ3v) is 6.21. The van der Waals surface area contributed by atoms with Crippen molar-refractivity contribution >= 4 is 29.5 Å². The topological polar surface area (TPSA) is 218 Å². The van der Waals surface area contributed by atoms with Crippen LogP contribution in [0, 0.1) is 5.92 Å². The van der Waals surface area contributed by atoms with Gasteiger partial charge in [-0.25, -0.2) is 0 Å². The minimum absolute atomic E-state index is 0.0896. The van der Waals surface area contributed by atoms with Crippen molar-refractivity contribution in [1.29, 1.82) is 0 Å². The maximum Gasteiger partial charge on any atom is 0.261 e. The molecule has 0 bridgehead atoms. The molecule has 0 aromatic heterocycles. The van der Waals surface area contributed by atoms with Crippen LogP contribution in [0.2, 0.25) is 0 Å². The second kappa shape index (κ2) is 16.7. The van der Waals surface area contributed by atoms with Crippen molar-refractivity contribution in [2.24, 2.45) is 17.4 Å². The minimum Gasteiger partial charge on any atom is -0.508 e. The van der Waals surface area contributed by atoms with Gasteiger partial charge in [0.25, 0.3) is 11.8 Å².